The van der Waals surface area contributed by atoms with Crippen LogP contribution in [-0.4, -0.2) is 28.0 Å². The summed E-state index contributed by atoms with van der Waals surface area (Å²) >= 11 is 5.94. The second-order valence-electron chi connectivity index (χ2n) is 3.94. The van der Waals surface area contributed by atoms with Crippen molar-refractivity contribution >= 4 is 23.2 Å². The van der Waals surface area contributed by atoms with Gasteiger partial charge in [0.25, 0.3) is 6.43 Å². The molecule has 0 saturated carbocycles. The van der Waals surface area contributed by atoms with Gasteiger partial charge in [-0.05, 0) is 6.07 Å². The van der Waals surface area contributed by atoms with Gasteiger partial charge in [-0.1, -0.05) is 17.7 Å². The van der Waals surface area contributed by atoms with E-state index in [4.69, 9.17) is 22.1 Å². The smallest absolute Gasteiger partial charge is 0.272 e. The van der Waals surface area contributed by atoms with Gasteiger partial charge in [0.05, 0.1) is 0 Å². The third-order valence-electron chi connectivity index (χ3n) is 2.46. The number of halogens is 3. The SMILES string of the molecule is Nc1ncnc(NCc2cccnc2OCC(F)F)c1Cl. The van der Waals surface area contributed by atoms with Gasteiger partial charge in [0.1, 0.15) is 17.2 Å². The second kappa shape index (κ2) is 6.98. The van der Waals surface area contributed by atoms with Crippen LogP contribution < -0.4 is 15.8 Å². The first-order valence-electron chi connectivity index (χ1n) is 5.92. The fourth-order valence-electron chi connectivity index (χ4n) is 1.52. The Balaban J connectivity index is 2.07. The molecule has 0 bridgehead atoms. The van der Waals surface area contributed by atoms with Crippen molar-refractivity contribution < 1.29 is 13.5 Å². The molecule has 0 radical (unpaired) electrons. The molecular weight excluding hydrogens is 304 g/mol. The zero-order valence-corrected chi connectivity index (χ0v) is 11.5. The molecule has 0 unspecified atom stereocenters. The van der Waals surface area contributed by atoms with Gasteiger partial charge in [-0.2, -0.15) is 0 Å². The fourth-order valence-corrected chi connectivity index (χ4v) is 1.68. The molecule has 0 fully saturated rings. The summed E-state index contributed by atoms with van der Waals surface area (Å²) in [6.45, 7) is -0.478. The summed E-state index contributed by atoms with van der Waals surface area (Å²) in [4.78, 5) is 11.6. The summed E-state index contributed by atoms with van der Waals surface area (Å²) in [6, 6.07) is 3.36. The monoisotopic (exact) mass is 315 g/mol. The molecule has 0 aromatic carbocycles. The van der Waals surface area contributed by atoms with Crippen molar-refractivity contribution in [2.24, 2.45) is 0 Å². The summed E-state index contributed by atoms with van der Waals surface area (Å²) < 4.78 is 29.3. The number of ether oxygens (including phenoxy) is 1. The molecule has 2 aromatic rings. The summed E-state index contributed by atoms with van der Waals surface area (Å²) in [7, 11) is 0. The number of nitrogens with zero attached hydrogens (tertiary/aromatic N) is 3. The molecule has 6 nitrogen and oxygen atoms in total. The maximum absolute atomic E-state index is 12.2. The minimum Gasteiger partial charge on any atom is -0.471 e. The molecule has 0 aliphatic rings. The Labute approximate surface area is 124 Å². The third kappa shape index (κ3) is 4.12. The normalized spacial score (nSPS) is 10.7. The lowest BCUT2D eigenvalue weighted by atomic mass is 10.2. The molecule has 0 aliphatic heterocycles. The quantitative estimate of drug-likeness (QED) is 0.851. The van der Waals surface area contributed by atoms with Crippen molar-refractivity contribution in [3.63, 3.8) is 0 Å². The van der Waals surface area contributed by atoms with E-state index in [0.29, 0.717) is 11.4 Å². The number of nitrogen functional groups attached to an aromatic ring is 1. The van der Waals surface area contributed by atoms with Gasteiger partial charge in [-0.25, -0.2) is 23.7 Å². The van der Waals surface area contributed by atoms with Crippen LogP contribution in [0.4, 0.5) is 20.4 Å². The minimum atomic E-state index is -2.57. The van der Waals surface area contributed by atoms with E-state index in [-0.39, 0.29) is 23.3 Å². The van der Waals surface area contributed by atoms with E-state index >= 15 is 0 Å². The van der Waals surface area contributed by atoms with Crippen molar-refractivity contribution in [1.29, 1.82) is 0 Å². The molecule has 2 rings (SSSR count). The topological polar surface area (TPSA) is 86.0 Å². The summed E-state index contributed by atoms with van der Waals surface area (Å²) in [5, 5.41) is 3.12. The molecule has 0 spiro atoms. The van der Waals surface area contributed by atoms with E-state index in [9.17, 15) is 8.78 Å². The molecule has 3 N–H and O–H groups in total. The van der Waals surface area contributed by atoms with E-state index in [1.165, 1.54) is 12.5 Å². The van der Waals surface area contributed by atoms with E-state index in [1.807, 2.05) is 0 Å². The third-order valence-corrected chi connectivity index (χ3v) is 2.83. The lowest BCUT2D eigenvalue weighted by Gasteiger charge is -2.11. The van der Waals surface area contributed by atoms with E-state index in [2.05, 4.69) is 20.3 Å². The highest BCUT2D eigenvalue weighted by Gasteiger charge is 2.11. The number of hydrogen-bond donors (Lipinski definition) is 2. The van der Waals surface area contributed by atoms with Gasteiger partial charge >= 0.3 is 0 Å². The first-order valence-corrected chi connectivity index (χ1v) is 6.30. The van der Waals surface area contributed by atoms with Crippen LogP contribution in [0.2, 0.25) is 5.02 Å². The Kier molecular flexibility index (Phi) is 5.04. The molecule has 9 heteroatoms. The molecule has 0 aliphatic carbocycles. The highest BCUT2D eigenvalue weighted by molar-refractivity contribution is 6.35. The van der Waals surface area contributed by atoms with E-state index in [1.54, 1.807) is 12.1 Å². The van der Waals surface area contributed by atoms with Gasteiger partial charge in [-0.3, -0.25) is 0 Å². The van der Waals surface area contributed by atoms with Crippen LogP contribution in [0.5, 0.6) is 5.88 Å². The molecule has 112 valence electrons. The Hall–Kier alpha value is -2.22. The number of alkyl halides is 2. The standard InChI is InChI=1S/C12H12ClF2N5O/c13-9-10(16)19-6-20-11(9)18-4-7-2-1-3-17-12(7)21-5-8(14)15/h1-3,6,8H,4-5H2,(H3,16,18,19,20). The first kappa shape index (κ1) is 15.2. The number of hydrogen-bond acceptors (Lipinski definition) is 6. The van der Waals surface area contributed by atoms with Crippen LogP contribution in [0.15, 0.2) is 24.7 Å². The zero-order chi connectivity index (χ0) is 15.2. The van der Waals surface area contributed by atoms with Crippen molar-refractivity contribution in [3.05, 3.63) is 35.2 Å². The van der Waals surface area contributed by atoms with Crippen molar-refractivity contribution in [1.82, 2.24) is 15.0 Å². The number of pyridine rings is 1. The van der Waals surface area contributed by atoms with Crippen LogP contribution in [-0.2, 0) is 6.54 Å². The lowest BCUT2D eigenvalue weighted by Crippen LogP contribution is -2.11. The van der Waals surface area contributed by atoms with Gasteiger partial charge < -0.3 is 15.8 Å². The molecular formula is C12H12ClF2N5O. The predicted octanol–water partition coefficient (Wildman–Crippen LogP) is 2.36. The summed E-state index contributed by atoms with van der Waals surface area (Å²) in [5.74, 6) is 0.616. The average molecular weight is 316 g/mol. The van der Waals surface area contributed by atoms with Crippen LogP contribution in [0.25, 0.3) is 0 Å². The van der Waals surface area contributed by atoms with Crippen molar-refractivity contribution in [3.8, 4) is 5.88 Å². The van der Waals surface area contributed by atoms with Gasteiger partial charge in [0, 0.05) is 18.3 Å². The Morgan fingerprint density at radius 3 is 2.90 bits per heavy atom. The first-order chi connectivity index (χ1) is 10.1. The van der Waals surface area contributed by atoms with Gasteiger partial charge in [0.15, 0.2) is 12.4 Å². The minimum absolute atomic E-state index is 0.128. The van der Waals surface area contributed by atoms with Crippen LogP contribution in [0, 0.1) is 0 Å². The summed E-state index contributed by atoms with van der Waals surface area (Å²) in [6.07, 6.45) is 0.157. The van der Waals surface area contributed by atoms with Crippen LogP contribution in [0.1, 0.15) is 5.56 Å². The molecule has 2 heterocycles. The Morgan fingerprint density at radius 2 is 2.14 bits per heavy atom. The fraction of sp³-hybridized carbons (Fsp3) is 0.250. The van der Waals surface area contributed by atoms with Crippen LogP contribution >= 0.6 is 11.6 Å². The predicted molar refractivity (Wildman–Crippen MR) is 74.5 cm³/mol. The molecule has 2 aromatic heterocycles. The molecule has 0 saturated heterocycles. The maximum Gasteiger partial charge on any atom is 0.272 e. The molecule has 0 atom stereocenters. The number of rotatable bonds is 6. The van der Waals surface area contributed by atoms with Crippen LogP contribution in [0.3, 0.4) is 0 Å². The molecule has 0 amide bonds. The zero-order valence-electron chi connectivity index (χ0n) is 10.8. The van der Waals surface area contributed by atoms with E-state index in [0.717, 1.165) is 0 Å². The lowest BCUT2D eigenvalue weighted by molar-refractivity contribution is 0.0791. The van der Waals surface area contributed by atoms with Gasteiger partial charge in [-0.15, -0.1) is 0 Å². The number of nitrogens with one attached hydrogen (secondary N) is 1. The second-order valence-corrected chi connectivity index (χ2v) is 4.32. The Morgan fingerprint density at radius 1 is 1.33 bits per heavy atom. The molecule has 21 heavy (non-hydrogen) atoms. The maximum atomic E-state index is 12.2. The highest BCUT2D eigenvalue weighted by Crippen LogP contribution is 2.24. The Bertz CT molecular complexity index is 614. The van der Waals surface area contributed by atoms with Crippen molar-refractivity contribution in [2.45, 2.75) is 13.0 Å². The summed E-state index contributed by atoms with van der Waals surface area (Å²) in [5.41, 5.74) is 6.15. The number of aromatic nitrogens is 3. The van der Waals surface area contributed by atoms with Crippen molar-refractivity contribution in [2.75, 3.05) is 17.7 Å². The average Bonchev–Trinajstić information content (AvgIpc) is 2.47. The highest BCUT2D eigenvalue weighted by atomic mass is 35.5. The largest absolute Gasteiger partial charge is 0.471 e. The van der Waals surface area contributed by atoms with E-state index < -0.39 is 13.0 Å². The van der Waals surface area contributed by atoms with Gasteiger partial charge in [0.2, 0.25) is 5.88 Å². The number of nitrogens with two attached hydrogens (primary N) is 1. The number of anilines is 2.